The number of carboxylic acid groups (broad SMARTS) is 1. The topological polar surface area (TPSA) is 99.5 Å². The van der Waals surface area contributed by atoms with Crippen LogP contribution in [0.15, 0.2) is 0 Å². The van der Waals surface area contributed by atoms with Crippen molar-refractivity contribution in [2.75, 3.05) is 6.61 Å². The summed E-state index contributed by atoms with van der Waals surface area (Å²) in [7, 11) is 0. The second-order valence-electron chi connectivity index (χ2n) is 2.94. The third-order valence-electron chi connectivity index (χ3n) is 2.20. The van der Waals surface area contributed by atoms with Gasteiger partial charge in [-0.15, -0.1) is 0 Å². The fourth-order valence-corrected chi connectivity index (χ4v) is 1.32. The van der Waals surface area contributed by atoms with Crippen molar-refractivity contribution in [3.8, 4) is 0 Å². The van der Waals surface area contributed by atoms with Crippen LogP contribution in [0.2, 0.25) is 0 Å². The van der Waals surface area contributed by atoms with E-state index in [4.69, 9.17) is 14.9 Å². The Balaban J connectivity index is 2.19. The van der Waals surface area contributed by atoms with Crippen LogP contribution in [0, 0.1) is 0 Å². The van der Waals surface area contributed by atoms with E-state index in [1.165, 1.54) is 0 Å². The molecule has 2 heterocycles. The van der Waals surface area contributed by atoms with Crippen molar-refractivity contribution in [1.29, 1.82) is 0 Å². The Morgan fingerprint density at radius 3 is 2.33 bits per heavy atom. The average Bonchev–Trinajstić information content (AvgIpc) is 2.73. The van der Waals surface area contributed by atoms with Crippen LogP contribution in [-0.2, 0) is 14.3 Å². The van der Waals surface area contributed by atoms with E-state index in [1.54, 1.807) is 0 Å². The number of carbonyl (C=O) groups is 1. The molecule has 6 nitrogen and oxygen atoms in total. The number of ether oxygens (including phenoxy) is 2. The van der Waals surface area contributed by atoms with Crippen LogP contribution in [0.1, 0.15) is 0 Å². The highest BCUT2D eigenvalue weighted by atomic mass is 16.7. The summed E-state index contributed by atoms with van der Waals surface area (Å²) in [6.45, 7) is 0.138. The van der Waals surface area contributed by atoms with E-state index in [0.717, 1.165) is 0 Å². The standard InChI is InChI=1S/C6H8O6/c7-3-2(4(8)9)12-5(10)6(3)1-11-6/h2-3,5,7,10H,1H2,(H,8,9)/t2-,3+,5+,6-/m1/s1. The summed E-state index contributed by atoms with van der Waals surface area (Å²) >= 11 is 0. The molecule has 0 saturated carbocycles. The predicted molar refractivity (Wildman–Crippen MR) is 33.2 cm³/mol. The van der Waals surface area contributed by atoms with E-state index in [2.05, 4.69) is 4.74 Å². The van der Waals surface area contributed by atoms with Crippen molar-refractivity contribution in [2.45, 2.75) is 24.1 Å². The van der Waals surface area contributed by atoms with Gasteiger partial charge in [-0.3, -0.25) is 0 Å². The third-order valence-corrected chi connectivity index (χ3v) is 2.20. The van der Waals surface area contributed by atoms with Gasteiger partial charge >= 0.3 is 5.97 Å². The molecule has 2 rings (SSSR count). The number of aliphatic carboxylic acids is 1. The van der Waals surface area contributed by atoms with Crippen molar-refractivity contribution in [3.63, 3.8) is 0 Å². The Bertz CT molecular complexity index is 222. The van der Waals surface area contributed by atoms with E-state index in [9.17, 15) is 9.90 Å². The second kappa shape index (κ2) is 2.17. The summed E-state index contributed by atoms with van der Waals surface area (Å²) in [5.41, 5.74) is -1.18. The zero-order chi connectivity index (χ0) is 8.93. The van der Waals surface area contributed by atoms with Crippen molar-refractivity contribution in [1.82, 2.24) is 0 Å². The van der Waals surface area contributed by atoms with Crippen LogP contribution >= 0.6 is 0 Å². The summed E-state index contributed by atoms with van der Waals surface area (Å²) in [6, 6.07) is 0. The van der Waals surface area contributed by atoms with Gasteiger partial charge in [0, 0.05) is 0 Å². The average molecular weight is 176 g/mol. The first kappa shape index (κ1) is 7.93. The molecule has 0 radical (unpaired) electrons. The van der Waals surface area contributed by atoms with Gasteiger partial charge in [0.2, 0.25) is 0 Å². The molecule has 4 atom stereocenters. The Morgan fingerprint density at radius 1 is 1.50 bits per heavy atom. The Kier molecular flexibility index (Phi) is 1.43. The lowest BCUT2D eigenvalue weighted by molar-refractivity contribution is -0.164. The van der Waals surface area contributed by atoms with E-state index in [0.29, 0.717) is 0 Å². The zero-order valence-electron chi connectivity index (χ0n) is 6.01. The molecular weight excluding hydrogens is 168 g/mol. The monoisotopic (exact) mass is 176 g/mol. The molecule has 1 spiro atoms. The maximum atomic E-state index is 10.4. The highest BCUT2D eigenvalue weighted by Gasteiger charge is 2.67. The third kappa shape index (κ3) is 0.802. The molecule has 2 aliphatic heterocycles. The number of hydrogen-bond donors (Lipinski definition) is 3. The molecule has 6 heteroatoms. The van der Waals surface area contributed by atoms with E-state index >= 15 is 0 Å². The Labute approximate surface area is 67.3 Å². The summed E-state index contributed by atoms with van der Waals surface area (Å²) in [4.78, 5) is 10.4. The minimum Gasteiger partial charge on any atom is -0.479 e. The SMILES string of the molecule is O=C(O)[C@@H]1O[C@H](O)[C@@]2(CO2)[C@H]1O. The van der Waals surface area contributed by atoms with E-state index < -0.39 is 30.1 Å². The van der Waals surface area contributed by atoms with Crippen LogP contribution < -0.4 is 0 Å². The molecule has 0 aliphatic carbocycles. The summed E-state index contributed by atoms with van der Waals surface area (Å²) < 4.78 is 9.37. The predicted octanol–water partition coefficient (Wildman–Crippen LogP) is -2.08. The number of aliphatic hydroxyl groups excluding tert-OH is 2. The molecule has 2 aliphatic rings. The molecule has 0 aromatic rings. The van der Waals surface area contributed by atoms with Gasteiger partial charge in [-0.05, 0) is 0 Å². The van der Waals surface area contributed by atoms with Crippen LogP contribution in [0.3, 0.4) is 0 Å². The first-order valence-electron chi connectivity index (χ1n) is 3.46. The molecule has 3 N–H and O–H groups in total. The molecule has 0 unspecified atom stereocenters. The highest BCUT2D eigenvalue weighted by molar-refractivity contribution is 5.74. The van der Waals surface area contributed by atoms with E-state index in [-0.39, 0.29) is 6.61 Å². The van der Waals surface area contributed by atoms with Crippen molar-refractivity contribution < 1.29 is 29.6 Å². The lowest BCUT2D eigenvalue weighted by Gasteiger charge is -2.09. The number of rotatable bonds is 1. The highest BCUT2D eigenvalue weighted by Crippen LogP contribution is 2.43. The molecule has 2 saturated heterocycles. The minimum atomic E-state index is -1.39. The van der Waals surface area contributed by atoms with Crippen LogP contribution in [0.4, 0.5) is 0 Å². The van der Waals surface area contributed by atoms with Crippen LogP contribution in [-0.4, -0.2) is 52.0 Å². The van der Waals surface area contributed by atoms with Gasteiger partial charge < -0.3 is 24.8 Å². The maximum Gasteiger partial charge on any atom is 0.335 e. The summed E-state index contributed by atoms with van der Waals surface area (Å²) in [5, 5.41) is 27.0. The minimum absolute atomic E-state index is 0.138. The number of hydrogen-bond acceptors (Lipinski definition) is 5. The number of aliphatic hydroxyl groups is 2. The van der Waals surface area contributed by atoms with Gasteiger partial charge in [0.05, 0.1) is 6.61 Å². The smallest absolute Gasteiger partial charge is 0.335 e. The normalized spacial score (nSPS) is 51.3. The lowest BCUT2D eigenvalue weighted by atomic mass is 10.0. The van der Waals surface area contributed by atoms with Gasteiger partial charge in [-0.2, -0.15) is 0 Å². The molecule has 0 bridgehead atoms. The summed E-state index contributed by atoms with van der Waals surface area (Å²) in [5.74, 6) is -1.30. The van der Waals surface area contributed by atoms with Gasteiger partial charge in [-0.1, -0.05) is 0 Å². The van der Waals surface area contributed by atoms with Gasteiger partial charge in [0.1, 0.15) is 6.10 Å². The molecule has 68 valence electrons. The summed E-state index contributed by atoms with van der Waals surface area (Å²) in [6.07, 6.45) is -4.01. The first-order valence-corrected chi connectivity index (χ1v) is 3.46. The largest absolute Gasteiger partial charge is 0.479 e. The lowest BCUT2D eigenvalue weighted by Crippen LogP contribution is -2.39. The van der Waals surface area contributed by atoms with Gasteiger partial charge in [0.25, 0.3) is 0 Å². The molecule has 0 aromatic heterocycles. The number of carboxylic acids is 1. The molecule has 0 aromatic carbocycles. The van der Waals surface area contributed by atoms with Gasteiger partial charge in [0.15, 0.2) is 18.0 Å². The molecular formula is C6H8O6. The van der Waals surface area contributed by atoms with Crippen LogP contribution in [0.5, 0.6) is 0 Å². The Morgan fingerprint density at radius 2 is 2.08 bits per heavy atom. The first-order chi connectivity index (χ1) is 5.58. The quantitative estimate of drug-likeness (QED) is 0.396. The van der Waals surface area contributed by atoms with Crippen molar-refractivity contribution >= 4 is 5.97 Å². The number of epoxide rings is 1. The Hall–Kier alpha value is -0.690. The fraction of sp³-hybridized carbons (Fsp3) is 0.833. The molecule has 12 heavy (non-hydrogen) atoms. The fourth-order valence-electron chi connectivity index (χ4n) is 1.32. The molecule has 0 amide bonds. The van der Waals surface area contributed by atoms with Crippen LogP contribution in [0.25, 0.3) is 0 Å². The zero-order valence-corrected chi connectivity index (χ0v) is 6.01. The second-order valence-corrected chi connectivity index (χ2v) is 2.94. The maximum absolute atomic E-state index is 10.4. The molecule has 2 fully saturated rings. The van der Waals surface area contributed by atoms with Gasteiger partial charge in [-0.25, -0.2) is 4.79 Å². The van der Waals surface area contributed by atoms with E-state index in [1.807, 2.05) is 0 Å². The van der Waals surface area contributed by atoms with Crippen molar-refractivity contribution in [2.24, 2.45) is 0 Å². The van der Waals surface area contributed by atoms with Crippen molar-refractivity contribution in [3.05, 3.63) is 0 Å².